The zero-order chi connectivity index (χ0) is 16.1. The molecule has 2 amide bonds. The summed E-state index contributed by atoms with van der Waals surface area (Å²) in [5.41, 5.74) is 0.628. The lowest BCUT2D eigenvalue weighted by Gasteiger charge is -2.09. The minimum absolute atomic E-state index is 0.0402. The second-order valence-electron chi connectivity index (χ2n) is 4.97. The number of rotatable bonds is 5. The second-order valence-corrected chi connectivity index (χ2v) is 4.97. The van der Waals surface area contributed by atoms with Crippen molar-refractivity contribution in [2.45, 2.75) is 6.92 Å². The maximum Gasteiger partial charge on any atom is 0.255 e. The van der Waals surface area contributed by atoms with Gasteiger partial charge in [-0.05, 0) is 18.4 Å². The van der Waals surface area contributed by atoms with E-state index >= 15 is 0 Å². The van der Waals surface area contributed by atoms with Crippen LogP contribution in [-0.2, 0) is 4.79 Å². The summed E-state index contributed by atoms with van der Waals surface area (Å²) in [6, 6.07) is 10.7. The van der Waals surface area contributed by atoms with Crippen molar-refractivity contribution in [3.05, 3.63) is 54.1 Å². The third-order valence-electron chi connectivity index (χ3n) is 3.23. The van der Waals surface area contributed by atoms with E-state index in [1.807, 2.05) is 12.1 Å². The Morgan fingerprint density at radius 1 is 1.09 bits per heavy atom. The largest absolute Gasteiger partial charge is 0.506 e. The molecule has 0 fully saturated rings. The van der Waals surface area contributed by atoms with Gasteiger partial charge in [0.1, 0.15) is 5.75 Å². The summed E-state index contributed by atoms with van der Waals surface area (Å²) in [5.74, 6) is -0.669. The Balaban J connectivity index is 2.00. The number of fused-ring (bicyclic) bond motifs is 1. The Morgan fingerprint density at radius 3 is 2.50 bits per heavy atom. The number of phenolic OH excluding ortho intramolecular Hbond substituents is 1. The summed E-state index contributed by atoms with van der Waals surface area (Å²) >= 11 is 0. The molecule has 0 bridgehead atoms. The Hall–Kier alpha value is -2.82. The lowest BCUT2D eigenvalue weighted by Crippen LogP contribution is -2.34. The SMILES string of the molecule is C=C(C)C(=O)NCCNC(=O)c1ccc2ccccc2c1O. The van der Waals surface area contributed by atoms with E-state index in [1.54, 1.807) is 31.2 Å². The third-order valence-corrected chi connectivity index (χ3v) is 3.23. The average Bonchev–Trinajstić information content (AvgIpc) is 2.51. The van der Waals surface area contributed by atoms with Gasteiger partial charge in [-0.15, -0.1) is 0 Å². The van der Waals surface area contributed by atoms with Crippen LogP contribution in [0.5, 0.6) is 5.75 Å². The molecule has 0 heterocycles. The zero-order valence-corrected chi connectivity index (χ0v) is 12.3. The van der Waals surface area contributed by atoms with Crippen molar-refractivity contribution in [1.29, 1.82) is 0 Å². The molecule has 0 aromatic heterocycles. The van der Waals surface area contributed by atoms with E-state index in [2.05, 4.69) is 17.2 Å². The molecule has 0 saturated heterocycles. The van der Waals surface area contributed by atoms with Crippen LogP contribution in [0.25, 0.3) is 10.8 Å². The van der Waals surface area contributed by atoms with Gasteiger partial charge in [-0.2, -0.15) is 0 Å². The second kappa shape index (κ2) is 6.76. The summed E-state index contributed by atoms with van der Waals surface area (Å²) < 4.78 is 0. The van der Waals surface area contributed by atoms with Gasteiger partial charge in [0.05, 0.1) is 5.56 Å². The molecule has 22 heavy (non-hydrogen) atoms. The molecule has 114 valence electrons. The maximum atomic E-state index is 12.1. The molecular weight excluding hydrogens is 280 g/mol. The van der Waals surface area contributed by atoms with Crippen LogP contribution < -0.4 is 10.6 Å². The highest BCUT2D eigenvalue weighted by atomic mass is 16.3. The van der Waals surface area contributed by atoms with E-state index in [-0.39, 0.29) is 29.7 Å². The monoisotopic (exact) mass is 298 g/mol. The van der Waals surface area contributed by atoms with E-state index in [4.69, 9.17) is 0 Å². The number of nitrogens with one attached hydrogen (secondary N) is 2. The lowest BCUT2D eigenvalue weighted by atomic mass is 10.0. The number of hydrogen-bond acceptors (Lipinski definition) is 3. The highest BCUT2D eigenvalue weighted by molar-refractivity contribution is 6.03. The molecule has 2 aromatic carbocycles. The Labute approximate surface area is 128 Å². The molecule has 2 rings (SSSR count). The van der Waals surface area contributed by atoms with Crippen molar-refractivity contribution in [3.63, 3.8) is 0 Å². The van der Waals surface area contributed by atoms with Crippen molar-refractivity contribution in [3.8, 4) is 5.75 Å². The predicted octanol–water partition coefficient (Wildman–Crippen LogP) is 1.97. The Kier molecular flexibility index (Phi) is 4.78. The fraction of sp³-hybridized carbons (Fsp3) is 0.176. The van der Waals surface area contributed by atoms with E-state index in [1.165, 1.54) is 0 Å². The molecule has 3 N–H and O–H groups in total. The minimum atomic E-state index is -0.382. The van der Waals surface area contributed by atoms with Crippen LogP contribution in [0.3, 0.4) is 0 Å². The van der Waals surface area contributed by atoms with Crippen molar-refractivity contribution in [1.82, 2.24) is 10.6 Å². The number of carbonyl (C=O) groups excluding carboxylic acids is 2. The number of aromatic hydroxyl groups is 1. The van der Waals surface area contributed by atoms with Gasteiger partial charge in [0, 0.05) is 24.0 Å². The van der Waals surface area contributed by atoms with Gasteiger partial charge in [-0.1, -0.05) is 36.9 Å². The standard InChI is InChI=1S/C17H18N2O3/c1-11(2)16(21)18-9-10-19-17(22)14-8-7-12-5-3-4-6-13(12)15(14)20/h3-8,20H,1,9-10H2,2H3,(H,18,21)(H,19,22). The van der Waals surface area contributed by atoms with E-state index in [0.717, 1.165) is 5.39 Å². The molecule has 0 atom stereocenters. The number of benzene rings is 2. The number of hydrogen-bond donors (Lipinski definition) is 3. The van der Waals surface area contributed by atoms with Gasteiger partial charge < -0.3 is 15.7 Å². The molecule has 0 radical (unpaired) electrons. The number of amides is 2. The molecule has 0 spiro atoms. The van der Waals surface area contributed by atoms with Crippen LogP contribution in [0.1, 0.15) is 17.3 Å². The van der Waals surface area contributed by atoms with Crippen LogP contribution >= 0.6 is 0 Å². The highest BCUT2D eigenvalue weighted by Crippen LogP contribution is 2.28. The molecule has 0 saturated carbocycles. The number of carbonyl (C=O) groups is 2. The number of phenols is 1. The molecule has 0 unspecified atom stereocenters. The van der Waals surface area contributed by atoms with E-state index in [0.29, 0.717) is 17.5 Å². The predicted molar refractivity (Wildman–Crippen MR) is 85.8 cm³/mol. The summed E-state index contributed by atoms with van der Waals surface area (Å²) in [6.07, 6.45) is 0. The smallest absolute Gasteiger partial charge is 0.255 e. The van der Waals surface area contributed by atoms with Gasteiger partial charge in [0.15, 0.2) is 0 Å². The summed E-state index contributed by atoms with van der Waals surface area (Å²) in [6.45, 7) is 5.70. The summed E-state index contributed by atoms with van der Waals surface area (Å²) in [7, 11) is 0. The first-order valence-corrected chi connectivity index (χ1v) is 6.93. The normalized spacial score (nSPS) is 10.2. The van der Waals surface area contributed by atoms with Gasteiger partial charge in [0.25, 0.3) is 5.91 Å². The molecular formula is C17H18N2O3. The Morgan fingerprint density at radius 2 is 1.77 bits per heavy atom. The molecule has 5 heteroatoms. The maximum absolute atomic E-state index is 12.1. The highest BCUT2D eigenvalue weighted by Gasteiger charge is 2.13. The zero-order valence-electron chi connectivity index (χ0n) is 12.3. The van der Waals surface area contributed by atoms with Crippen LogP contribution in [0.2, 0.25) is 0 Å². The van der Waals surface area contributed by atoms with Crippen molar-refractivity contribution in [2.24, 2.45) is 0 Å². The van der Waals surface area contributed by atoms with Crippen LogP contribution in [0.15, 0.2) is 48.6 Å². The fourth-order valence-electron chi connectivity index (χ4n) is 2.04. The molecule has 0 aliphatic rings. The van der Waals surface area contributed by atoms with Crippen LogP contribution in [0.4, 0.5) is 0 Å². The molecule has 2 aromatic rings. The van der Waals surface area contributed by atoms with Crippen molar-refractivity contribution >= 4 is 22.6 Å². The molecule has 0 aliphatic heterocycles. The van der Waals surface area contributed by atoms with Crippen molar-refractivity contribution < 1.29 is 14.7 Å². The summed E-state index contributed by atoms with van der Waals surface area (Å²) in [4.78, 5) is 23.4. The lowest BCUT2D eigenvalue weighted by molar-refractivity contribution is -0.117. The first kappa shape index (κ1) is 15.6. The van der Waals surface area contributed by atoms with Gasteiger partial charge in [-0.25, -0.2) is 0 Å². The first-order chi connectivity index (χ1) is 10.5. The topological polar surface area (TPSA) is 78.4 Å². The minimum Gasteiger partial charge on any atom is -0.506 e. The van der Waals surface area contributed by atoms with Crippen LogP contribution in [-0.4, -0.2) is 30.0 Å². The van der Waals surface area contributed by atoms with Gasteiger partial charge in [0.2, 0.25) is 5.91 Å². The first-order valence-electron chi connectivity index (χ1n) is 6.93. The molecule has 0 aliphatic carbocycles. The van der Waals surface area contributed by atoms with Gasteiger partial charge in [-0.3, -0.25) is 9.59 Å². The fourth-order valence-corrected chi connectivity index (χ4v) is 2.04. The van der Waals surface area contributed by atoms with E-state index in [9.17, 15) is 14.7 Å². The Bertz CT molecular complexity index is 738. The molecule has 5 nitrogen and oxygen atoms in total. The van der Waals surface area contributed by atoms with Crippen LogP contribution in [0, 0.1) is 0 Å². The quantitative estimate of drug-likeness (QED) is 0.583. The van der Waals surface area contributed by atoms with Gasteiger partial charge >= 0.3 is 0 Å². The summed E-state index contributed by atoms with van der Waals surface area (Å²) in [5, 5.41) is 17.0. The third kappa shape index (κ3) is 3.44. The average molecular weight is 298 g/mol. The van der Waals surface area contributed by atoms with E-state index < -0.39 is 0 Å². The van der Waals surface area contributed by atoms with Crippen molar-refractivity contribution in [2.75, 3.05) is 13.1 Å².